The molecule has 2 rings (SSSR count). The maximum Gasteiger partial charge on any atom is 0.197 e. The summed E-state index contributed by atoms with van der Waals surface area (Å²) in [4.78, 5) is 7.00. The fourth-order valence-electron chi connectivity index (χ4n) is 1.58. The Morgan fingerprint density at radius 1 is 1.27 bits per heavy atom. The van der Waals surface area contributed by atoms with Crippen LogP contribution in [-0.2, 0) is 0 Å². The second kappa shape index (κ2) is 3.70. The quantitative estimate of drug-likeness (QED) is 0.833. The summed E-state index contributed by atoms with van der Waals surface area (Å²) in [7, 11) is 0. The second-order valence-electron chi connectivity index (χ2n) is 3.61. The highest BCUT2D eigenvalue weighted by atomic mass is 79.9. The standard InChI is InChI=1S/C11H12BrN3/c1-6-3-8(4-7(2)10(6)12)9-5-14-11(13)15-9/h3-5H,1-2H3,(H3,13,14,15). The van der Waals surface area contributed by atoms with Gasteiger partial charge >= 0.3 is 0 Å². The summed E-state index contributed by atoms with van der Waals surface area (Å²) in [6.07, 6.45) is 1.75. The minimum absolute atomic E-state index is 0.447. The van der Waals surface area contributed by atoms with Gasteiger partial charge in [0.25, 0.3) is 0 Å². The molecule has 0 amide bonds. The average Bonchev–Trinajstić information content (AvgIpc) is 2.60. The number of nitrogen functional groups attached to an aromatic ring is 1. The summed E-state index contributed by atoms with van der Waals surface area (Å²) < 4.78 is 1.15. The van der Waals surface area contributed by atoms with Crippen LogP contribution in [0.1, 0.15) is 11.1 Å². The number of anilines is 1. The van der Waals surface area contributed by atoms with Gasteiger partial charge in [0, 0.05) is 10.0 Å². The smallest absolute Gasteiger partial charge is 0.197 e. The molecule has 0 aliphatic carbocycles. The van der Waals surface area contributed by atoms with Crippen molar-refractivity contribution in [3.05, 3.63) is 33.9 Å². The van der Waals surface area contributed by atoms with Crippen LogP contribution < -0.4 is 5.73 Å². The molecule has 0 fully saturated rings. The lowest BCUT2D eigenvalue weighted by Gasteiger charge is -2.06. The molecule has 15 heavy (non-hydrogen) atoms. The first-order chi connectivity index (χ1) is 7.08. The molecule has 78 valence electrons. The number of nitrogens with zero attached hydrogens (tertiary/aromatic N) is 1. The molecule has 0 radical (unpaired) electrons. The van der Waals surface area contributed by atoms with Crippen LogP contribution in [0.5, 0.6) is 0 Å². The monoisotopic (exact) mass is 265 g/mol. The van der Waals surface area contributed by atoms with E-state index in [1.807, 2.05) is 0 Å². The average molecular weight is 266 g/mol. The lowest BCUT2D eigenvalue weighted by Crippen LogP contribution is -1.87. The van der Waals surface area contributed by atoms with Crippen LogP contribution in [-0.4, -0.2) is 9.97 Å². The van der Waals surface area contributed by atoms with E-state index in [4.69, 9.17) is 5.73 Å². The molecule has 0 saturated heterocycles. The number of nitrogens with two attached hydrogens (primary N) is 1. The molecule has 0 atom stereocenters. The summed E-state index contributed by atoms with van der Waals surface area (Å²) >= 11 is 3.54. The molecule has 0 unspecified atom stereocenters. The fourth-order valence-corrected chi connectivity index (χ4v) is 1.81. The first kappa shape index (κ1) is 10.2. The van der Waals surface area contributed by atoms with E-state index < -0.39 is 0 Å². The number of H-pyrrole nitrogens is 1. The Hall–Kier alpha value is -1.29. The van der Waals surface area contributed by atoms with Crippen molar-refractivity contribution in [3.63, 3.8) is 0 Å². The number of hydrogen-bond donors (Lipinski definition) is 2. The van der Waals surface area contributed by atoms with Gasteiger partial charge in [0.15, 0.2) is 5.95 Å². The van der Waals surface area contributed by atoms with E-state index in [9.17, 15) is 0 Å². The van der Waals surface area contributed by atoms with Crippen molar-refractivity contribution in [2.75, 3.05) is 5.73 Å². The molecule has 1 heterocycles. The lowest BCUT2D eigenvalue weighted by molar-refractivity contribution is 1.31. The Morgan fingerprint density at radius 3 is 2.33 bits per heavy atom. The number of benzene rings is 1. The third-order valence-electron chi connectivity index (χ3n) is 2.34. The van der Waals surface area contributed by atoms with Crippen molar-refractivity contribution < 1.29 is 0 Å². The molecule has 0 bridgehead atoms. The van der Waals surface area contributed by atoms with E-state index >= 15 is 0 Å². The predicted octanol–water partition coefficient (Wildman–Crippen LogP) is 3.04. The van der Waals surface area contributed by atoms with E-state index in [1.54, 1.807) is 6.20 Å². The van der Waals surface area contributed by atoms with Crippen molar-refractivity contribution in [3.8, 4) is 11.3 Å². The number of aryl methyl sites for hydroxylation is 2. The minimum atomic E-state index is 0.447. The van der Waals surface area contributed by atoms with Gasteiger partial charge in [-0.1, -0.05) is 15.9 Å². The molecule has 3 nitrogen and oxygen atoms in total. The van der Waals surface area contributed by atoms with Gasteiger partial charge in [-0.2, -0.15) is 0 Å². The largest absolute Gasteiger partial charge is 0.369 e. The van der Waals surface area contributed by atoms with Crippen LogP contribution in [0.4, 0.5) is 5.95 Å². The number of imidazole rings is 1. The molecule has 2 aromatic rings. The number of halogens is 1. The maximum atomic E-state index is 5.55. The van der Waals surface area contributed by atoms with Crippen LogP contribution in [0.2, 0.25) is 0 Å². The van der Waals surface area contributed by atoms with Gasteiger partial charge in [-0.25, -0.2) is 4.98 Å². The third-order valence-corrected chi connectivity index (χ3v) is 3.59. The molecular weight excluding hydrogens is 254 g/mol. The van der Waals surface area contributed by atoms with Crippen molar-refractivity contribution in [2.24, 2.45) is 0 Å². The van der Waals surface area contributed by atoms with Gasteiger partial charge < -0.3 is 10.7 Å². The number of aromatic nitrogens is 2. The van der Waals surface area contributed by atoms with E-state index in [1.165, 1.54) is 11.1 Å². The fraction of sp³-hybridized carbons (Fsp3) is 0.182. The van der Waals surface area contributed by atoms with Crippen molar-refractivity contribution >= 4 is 21.9 Å². The highest BCUT2D eigenvalue weighted by Crippen LogP contribution is 2.27. The van der Waals surface area contributed by atoms with E-state index in [0.717, 1.165) is 15.7 Å². The number of nitrogens with one attached hydrogen (secondary N) is 1. The highest BCUT2D eigenvalue weighted by molar-refractivity contribution is 9.10. The van der Waals surface area contributed by atoms with Crippen molar-refractivity contribution in [2.45, 2.75) is 13.8 Å². The predicted molar refractivity (Wildman–Crippen MR) is 65.6 cm³/mol. The van der Waals surface area contributed by atoms with Crippen LogP contribution in [0, 0.1) is 13.8 Å². The van der Waals surface area contributed by atoms with Crippen LogP contribution in [0.25, 0.3) is 11.3 Å². The third kappa shape index (κ3) is 1.90. The Bertz CT molecular complexity index is 479. The van der Waals surface area contributed by atoms with E-state index in [-0.39, 0.29) is 0 Å². The van der Waals surface area contributed by atoms with Crippen molar-refractivity contribution in [1.82, 2.24) is 9.97 Å². The summed E-state index contributed by atoms with van der Waals surface area (Å²) in [5, 5.41) is 0. The Balaban J connectivity index is 2.55. The summed E-state index contributed by atoms with van der Waals surface area (Å²) in [6, 6.07) is 4.20. The van der Waals surface area contributed by atoms with Gasteiger partial charge in [0.05, 0.1) is 11.9 Å². The summed E-state index contributed by atoms with van der Waals surface area (Å²) in [6.45, 7) is 4.14. The van der Waals surface area contributed by atoms with Crippen molar-refractivity contribution in [1.29, 1.82) is 0 Å². The lowest BCUT2D eigenvalue weighted by atomic mass is 10.1. The van der Waals surface area contributed by atoms with Gasteiger partial charge in [-0.05, 0) is 37.1 Å². The molecule has 0 spiro atoms. The highest BCUT2D eigenvalue weighted by Gasteiger charge is 2.05. The summed E-state index contributed by atoms with van der Waals surface area (Å²) in [5.41, 5.74) is 10.0. The first-order valence-corrected chi connectivity index (χ1v) is 5.45. The van der Waals surface area contributed by atoms with E-state index in [0.29, 0.717) is 5.95 Å². The second-order valence-corrected chi connectivity index (χ2v) is 4.40. The molecule has 4 heteroatoms. The van der Waals surface area contributed by atoms with Gasteiger partial charge in [-0.3, -0.25) is 0 Å². The van der Waals surface area contributed by atoms with Gasteiger partial charge in [0.1, 0.15) is 0 Å². The molecule has 1 aromatic heterocycles. The molecule has 0 saturated carbocycles. The van der Waals surface area contributed by atoms with Crippen LogP contribution in [0.15, 0.2) is 22.8 Å². The number of rotatable bonds is 1. The Morgan fingerprint density at radius 2 is 1.87 bits per heavy atom. The normalized spacial score (nSPS) is 10.6. The van der Waals surface area contributed by atoms with Gasteiger partial charge in [-0.15, -0.1) is 0 Å². The summed E-state index contributed by atoms with van der Waals surface area (Å²) in [5.74, 6) is 0.447. The zero-order valence-corrected chi connectivity index (χ0v) is 10.2. The van der Waals surface area contributed by atoms with Crippen LogP contribution in [0.3, 0.4) is 0 Å². The zero-order valence-electron chi connectivity index (χ0n) is 8.63. The maximum absolute atomic E-state index is 5.55. The molecule has 3 N–H and O–H groups in total. The number of hydrogen-bond acceptors (Lipinski definition) is 2. The Kier molecular flexibility index (Phi) is 2.52. The molecule has 0 aliphatic heterocycles. The minimum Gasteiger partial charge on any atom is -0.369 e. The van der Waals surface area contributed by atoms with Gasteiger partial charge in [0.2, 0.25) is 0 Å². The number of aromatic amines is 1. The molecule has 1 aromatic carbocycles. The first-order valence-electron chi connectivity index (χ1n) is 4.65. The molecule has 0 aliphatic rings. The SMILES string of the molecule is Cc1cc(-c2cnc(N)[nH]2)cc(C)c1Br. The topological polar surface area (TPSA) is 54.7 Å². The zero-order chi connectivity index (χ0) is 11.0. The Labute approximate surface area is 96.9 Å². The molecular formula is C11H12BrN3. The van der Waals surface area contributed by atoms with Crippen LogP contribution >= 0.6 is 15.9 Å². The van der Waals surface area contributed by atoms with E-state index in [2.05, 4.69) is 51.9 Å².